The molecule has 0 amide bonds. The first-order valence-electron chi connectivity index (χ1n) is 6.74. The number of alkyl halides is 2. The van der Waals surface area contributed by atoms with Crippen molar-refractivity contribution in [3.8, 4) is 10.6 Å². The number of benzene rings is 1. The second-order valence-electron chi connectivity index (χ2n) is 4.99. The Hall–Kier alpha value is -1.33. The zero-order chi connectivity index (χ0) is 14.1. The lowest BCUT2D eigenvalue weighted by Crippen LogP contribution is -2.19. The maximum absolute atomic E-state index is 12.6. The summed E-state index contributed by atoms with van der Waals surface area (Å²) in [7, 11) is 1.97. The van der Waals surface area contributed by atoms with Crippen LogP contribution in [-0.2, 0) is 6.42 Å². The molecule has 0 radical (unpaired) electrons. The van der Waals surface area contributed by atoms with Crippen molar-refractivity contribution < 1.29 is 8.78 Å². The number of aromatic nitrogens is 1. The number of rotatable bonds is 3. The molecule has 0 saturated carbocycles. The molecule has 20 heavy (non-hydrogen) atoms. The molecule has 106 valence electrons. The molecular formula is C15H16F2N2S. The van der Waals surface area contributed by atoms with Crippen LogP contribution < -0.4 is 5.32 Å². The minimum atomic E-state index is -2.41. The fourth-order valence-electron chi connectivity index (χ4n) is 2.59. The molecule has 1 aromatic heterocycles. The number of nitrogens with one attached hydrogen (secondary N) is 1. The first-order valence-corrected chi connectivity index (χ1v) is 7.56. The van der Waals surface area contributed by atoms with Crippen molar-refractivity contribution in [2.75, 3.05) is 7.05 Å². The first kappa shape index (κ1) is 13.6. The number of nitrogens with zero attached hydrogens (tertiary/aromatic N) is 1. The van der Waals surface area contributed by atoms with E-state index in [1.807, 2.05) is 7.05 Å². The second-order valence-corrected chi connectivity index (χ2v) is 6.02. The topological polar surface area (TPSA) is 24.9 Å². The van der Waals surface area contributed by atoms with Crippen molar-refractivity contribution in [2.24, 2.45) is 0 Å². The average molecular weight is 294 g/mol. The number of halogens is 2. The van der Waals surface area contributed by atoms with Crippen LogP contribution in [0, 0.1) is 0 Å². The van der Waals surface area contributed by atoms with Gasteiger partial charge in [0.2, 0.25) is 0 Å². The van der Waals surface area contributed by atoms with Gasteiger partial charge in [-0.3, -0.25) is 0 Å². The summed E-state index contributed by atoms with van der Waals surface area (Å²) in [4.78, 5) is 5.98. The summed E-state index contributed by atoms with van der Waals surface area (Å²) in [6.45, 7) is 0. The molecule has 1 heterocycles. The molecule has 1 N–H and O–H groups in total. The molecule has 3 rings (SSSR count). The molecule has 5 heteroatoms. The maximum atomic E-state index is 12.6. The van der Waals surface area contributed by atoms with Crippen LogP contribution in [-0.4, -0.2) is 12.0 Å². The van der Waals surface area contributed by atoms with Crippen LogP contribution in [0.4, 0.5) is 8.78 Å². The van der Waals surface area contributed by atoms with E-state index in [1.54, 1.807) is 23.5 Å². The van der Waals surface area contributed by atoms with E-state index in [9.17, 15) is 8.78 Å². The van der Waals surface area contributed by atoms with E-state index >= 15 is 0 Å². The molecule has 0 fully saturated rings. The van der Waals surface area contributed by atoms with Gasteiger partial charge in [0.1, 0.15) is 5.01 Å². The lowest BCUT2D eigenvalue weighted by molar-refractivity contribution is 0.151. The van der Waals surface area contributed by atoms with Crippen LogP contribution in [0.25, 0.3) is 10.6 Å². The second kappa shape index (κ2) is 5.58. The minimum absolute atomic E-state index is 0.0585. The number of hydrogen-bond donors (Lipinski definition) is 1. The van der Waals surface area contributed by atoms with E-state index in [0.717, 1.165) is 35.5 Å². The van der Waals surface area contributed by atoms with Gasteiger partial charge in [-0.05, 0) is 26.3 Å². The quantitative estimate of drug-likeness (QED) is 0.910. The van der Waals surface area contributed by atoms with Crippen molar-refractivity contribution in [1.82, 2.24) is 10.3 Å². The standard InChI is InChI=1S/C15H16F2N2S/c1-18-11-3-2-4-12-13(11)20-15(19-12)10-7-5-9(6-8-10)14(16)17/h5-8,11,14,18H,2-4H2,1H3. The normalized spacial score (nSPS) is 18.3. The van der Waals surface area contributed by atoms with Crippen molar-refractivity contribution >= 4 is 11.3 Å². The highest BCUT2D eigenvalue weighted by Crippen LogP contribution is 2.38. The van der Waals surface area contributed by atoms with E-state index in [2.05, 4.69) is 10.3 Å². The van der Waals surface area contributed by atoms with Crippen molar-refractivity contribution in [3.05, 3.63) is 40.4 Å². The summed E-state index contributed by atoms with van der Waals surface area (Å²) in [5, 5.41) is 4.25. The molecule has 1 atom stereocenters. The van der Waals surface area contributed by atoms with Crippen LogP contribution in [0.3, 0.4) is 0 Å². The van der Waals surface area contributed by atoms with Gasteiger partial charge in [0, 0.05) is 22.0 Å². The molecule has 0 spiro atoms. The van der Waals surface area contributed by atoms with Gasteiger partial charge in [-0.25, -0.2) is 13.8 Å². The lowest BCUT2D eigenvalue weighted by atomic mass is 9.98. The molecule has 0 saturated heterocycles. The summed E-state index contributed by atoms with van der Waals surface area (Å²) in [6.07, 6.45) is 0.878. The third-order valence-corrected chi connectivity index (χ3v) is 4.97. The molecule has 1 unspecified atom stereocenters. The number of fused-ring (bicyclic) bond motifs is 1. The summed E-state index contributed by atoms with van der Waals surface area (Å²) in [5.41, 5.74) is 2.14. The van der Waals surface area contributed by atoms with Gasteiger partial charge in [-0.1, -0.05) is 24.3 Å². The van der Waals surface area contributed by atoms with Gasteiger partial charge in [0.05, 0.1) is 5.69 Å². The fraction of sp³-hybridized carbons (Fsp3) is 0.400. The van der Waals surface area contributed by atoms with Gasteiger partial charge >= 0.3 is 0 Å². The monoisotopic (exact) mass is 294 g/mol. The van der Waals surface area contributed by atoms with E-state index in [4.69, 9.17) is 0 Å². The first-order chi connectivity index (χ1) is 9.69. The Bertz CT molecular complexity index is 592. The fourth-order valence-corrected chi connectivity index (χ4v) is 3.85. The third-order valence-electron chi connectivity index (χ3n) is 3.71. The number of aryl methyl sites for hydroxylation is 1. The van der Waals surface area contributed by atoms with Gasteiger partial charge in [-0.2, -0.15) is 0 Å². The Morgan fingerprint density at radius 1 is 1.30 bits per heavy atom. The van der Waals surface area contributed by atoms with E-state index in [-0.39, 0.29) is 5.56 Å². The van der Waals surface area contributed by atoms with Crippen LogP contribution in [0.2, 0.25) is 0 Å². The van der Waals surface area contributed by atoms with Crippen molar-refractivity contribution in [2.45, 2.75) is 31.7 Å². The van der Waals surface area contributed by atoms with E-state index in [1.165, 1.54) is 17.0 Å². The van der Waals surface area contributed by atoms with Gasteiger partial charge in [0.15, 0.2) is 0 Å². The number of hydrogen-bond acceptors (Lipinski definition) is 3. The largest absolute Gasteiger partial charge is 0.312 e. The van der Waals surface area contributed by atoms with Gasteiger partial charge < -0.3 is 5.32 Å². The highest BCUT2D eigenvalue weighted by Gasteiger charge is 2.23. The highest BCUT2D eigenvalue weighted by molar-refractivity contribution is 7.15. The molecule has 1 aromatic carbocycles. The molecule has 0 aliphatic heterocycles. The Morgan fingerprint density at radius 3 is 2.70 bits per heavy atom. The molecule has 2 aromatic rings. The van der Waals surface area contributed by atoms with Crippen LogP contribution in [0.15, 0.2) is 24.3 Å². The van der Waals surface area contributed by atoms with Crippen LogP contribution in [0.1, 0.15) is 41.4 Å². The predicted octanol–water partition coefficient (Wildman–Crippen LogP) is 4.34. The molecular weight excluding hydrogens is 278 g/mol. The summed E-state index contributed by atoms with van der Waals surface area (Å²) in [6, 6.07) is 6.82. The van der Waals surface area contributed by atoms with E-state index in [0.29, 0.717) is 6.04 Å². The third kappa shape index (κ3) is 2.47. The average Bonchev–Trinajstić information content (AvgIpc) is 2.91. The Labute approximate surface area is 120 Å². The molecule has 0 bridgehead atoms. The van der Waals surface area contributed by atoms with E-state index < -0.39 is 6.43 Å². The molecule has 1 aliphatic rings. The van der Waals surface area contributed by atoms with Crippen LogP contribution in [0.5, 0.6) is 0 Å². The SMILES string of the molecule is CNC1CCCc2nc(-c3ccc(C(F)F)cc3)sc21. The Balaban J connectivity index is 1.93. The number of thiazole rings is 1. The molecule has 1 aliphatic carbocycles. The zero-order valence-corrected chi connectivity index (χ0v) is 12.0. The van der Waals surface area contributed by atoms with Crippen molar-refractivity contribution in [1.29, 1.82) is 0 Å². The van der Waals surface area contributed by atoms with Gasteiger partial charge in [-0.15, -0.1) is 11.3 Å². The maximum Gasteiger partial charge on any atom is 0.263 e. The van der Waals surface area contributed by atoms with Gasteiger partial charge in [0.25, 0.3) is 6.43 Å². The highest BCUT2D eigenvalue weighted by atomic mass is 32.1. The Morgan fingerprint density at radius 2 is 2.05 bits per heavy atom. The summed E-state index contributed by atoms with van der Waals surface area (Å²) >= 11 is 1.67. The summed E-state index contributed by atoms with van der Waals surface area (Å²) < 4.78 is 25.1. The smallest absolute Gasteiger partial charge is 0.263 e. The lowest BCUT2D eigenvalue weighted by Gasteiger charge is -2.19. The van der Waals surface area contributed by atoms with Crippen LogP contribution >= 0.6 is 11.3 Å². The minimum Gasteiger partial charge on any atom is -0.312 e. The predicted molar refractivity (Wildman–Crippen MR) is 77.2 cm³/mol. The zero-order valence-electron chi connectivity index (χ0n) is 11.2. The van der Waals surface area contributed by atoms with Crippen molar-refractivity contribution in [3.63, 3.8) is 0 Å². The Kier molecular flexibility index (Phi) is 3.81. The summed E-state index contributed by atoms with van der Waals surface area (Å²) in [5.74, 6) is 0. The molecule has 2 nitrogen and oxygen atoms in total.